The van der Waals surface area contributed by atoms with E-state index in [1.807, 2.05) is 11.8 Å². The van der Waals surface area contributed by atoms with Crippen molar-refractivity contribution in [3.8, 4) is 0 Å². The van der Waals surface area contributed by atoms with Crippen molar-refractivity contribution >= 4 is 27.7 Å². The van der Waals surface area contributed by atoms with Gasteiger partial charge < -0.3 is 0 Å². The Hall–Kier alpha value is 0.0500. The fraction of sp³-hybridized carbons (Fsp3) is 0.538. The summed E-state index contributed by atoms with van der Waals surface area (Å²) in [6, 6.07) is 4.70. The lowest BCUT2D eigenvalue weighted by Crippen LogP contribution is -2.22. The second kappa shape index (κ2) is 4.14. The Kier molecular flexibility index (Phi) is 3.18. The molecular weight excluding hydrogens is 268 g/mol. The molecule has 0 N–H and O–H groups in total. The van der Waals surface area contributed by atoms with Crippen LogP contribution in [0.5, 0.6) is 0 Å². The average molecular weight is 285 g/mol. The van der Waals surface area contributed by atoms with Crippen LogP contribution in [0.4, 0.5) is 0 Å². The average Bonchev–Trinajstić information content (AvgIpc) is 2.18. The normalized spacial score (nSPS) is 18.7. The molecule has 1 aromatic carbocycles. The molecule has 0 saturated carbocycles. The van der Waals surface area contributed by atoms with Crippen LogP contribution in [0.3, 0.4) is 0 Å². The molecule has 0 atom stereocenters. The number of thioether (sulfide) groups is 1. The van der Waals surface area contributed by atoms with Crippen molar-refractivity contribution in [2.75, 3.05) is 5.75 Å². The summed E-state index contributed by atoms with van der Waals surface area (Å²) >= 11 is 5.69. The van der Waals surface area contributed by atoms with Crippen molar-refractivity contribution in [3.05, 3.63) is 27.7 Å². The third-order valence-electron chi connectivity index (χ3n) is 3.24. The minimum Gasteiger partial charge on any atom is -0.126 e. The molecule has 0 aliphatic carbocycles. The molecule has 0 aromatic heterocycles. The van der Waals surface area contributed by atoms with Crippen molar-refractivity contribution in [1.29, 1.82) is 0 Å². The molecule has 0 saturated heterocycles. The van der Waals surface area contributed by atoms with E-state index in [1.54, 1.807) is 0 Å². The summed E-state index contributed by atoms with van der Waals surface area (Å²) in [6.07, 6.45) is 2.39. The van der Waals surface area contributed by atoms with E-state index >= 15 is 0 Å². The highest BCUT2D eigenvalue weighted by atomic mass is 79.9. The van der Waals surface area contributed by atoms with Gasteiger partial charge in [-0.05, 0) is 47.3 Å². The van der Waals surface area contributed by atoms with Gasteiger partial charge in [0.2, 0.25) is 0 Å². The molecule has 0 spiro atoms. The molecule has 0 radical (unpaired) electrons. The van der Waals surface area contributed by atoms with Gasteiger partial charge in [-0.1, -0.05) is 36.7 Å². The zero-order valence-corrected chi connectivity index (χ0v) is 12.0. The molecule has 0 nitrogen and oxygen atoms in total. The number of hydrogen-bond acceptors (Lipinski definition) is 1. The third-order valence-corrected chi connectivity index (χ3v) is 5.04. The first kappa shape index (κ1) is 11.5. The molecule has 0 amide bonds. The van der Waals surface area contributed by atoms with Gasteiger partial charge in [-0.2, -0.15) is 0 Å². The Morgan fingerprint density at radius 3 is 2.80 bits per heavy atom. The topological polar surface area (TPSA) is 0 Å². The molecule has 0 bridgehead atoms. The Morgan fingerprint density at radius 1 is 1.40 bits per heavy atom. The molecule has 1 aliphatic rings. The Morgan fingerprint density at radius 2 is 2.13 bits per heavy atom. The fourth-order valence-corrected chi connectivity index (χ4v) is 4.24. The molecule has 1 heterocycles. The van der Waals surface area contributed by atoms with Crippen LogP contribution in [0, 0.1) is 0 Å². The van der Waals surface area contributed by atoms with Gasteiger partial charge >= 0.3 is 0 Å². The van der Waals surface area contributed by atoms with E-state index in [0.29, 0.717) is 5.41 Å². The molecule has 0 fully saturated rings. The van der Waals surface area contributed by atoms with E-state index < -0.39 is 0 Å². The number of fused-ring (bicyclic) bond motifs is 1. The minimum atomic E-state index is 0.343. The number of hydrogen-bond donors (Lipinski definition) is 0. The van der Waals surface area contributed by atoms with Crippen LogP contribution >= 0.6 is 27.7 Å². The maximum Gasteiger partial charge on any atom is 0.0210 e. The molecule has 0 unspecified atom stereocenters. The van der Waals surface area contributed by atoms with Crippen molar-refractivity contribution in [2.45, 2.75) is 43.9 Å². The largest absolute Gasteiger partial charge is 0.126 e. The van der Waals surface area contributed by atoms with Crippen LogP contribution in [-0.4, -0.2) is 5.75 Å². The first-order chi connectivity index (χ1) is 7.04. The van der Waals surface area contributed by atoms with Gasteiger partial charge in [0.15, 0.2) is 0 Å². The molecule has 82 valence electrons. The van der Waals surface area contributed by atoms with Gasteiger partial charge in [0, 0.05) is 9.37 Å². The predicted molar refractivity (Wildman–Crippen MR) is 71.9 cm³/mol. The first-order valence-electron chi connectivity index (χ1n) is 5.50. The van der Waals surface area contributed by atoms with Crippen molar-refractivity contribution < 1.29 is 0 Å². The minimum absolute atomic E-state index is 0.343. The van der Waals surface area contributed by atoms with E-state index in [2.05, 4.69) is 48.8 Å². The Balaban J connectivity index is 2.55. The summed E-state index contributed by atoms with van der Waals surface area (Å²) in [7, 11) is 0. The summed E-state index contributed by atoms with van der Waals surface area (Å²) < 4.78 is 1.28. The van der Waals surface area contributed by atoms with Gasteiger partial charge in [-0.25, -0.2) is 0 Å². The second-order valence-corrected chi connectivity index (χ2v) is 6.77. The van der Waals surface area contributed by atoms with Crippen LogP contribution in [-0.2, 0) is 11.8 Å². The smallest absolute Gasteiger partial charge is 0.0210 e. The highest BCUT2D eigenvalue weighted by Crippen LogP contribution is 2.43. The van der Waals surface area contributed by atoms with Crippen molar-refractivity contribution in [3.63, 3.8) is 0 Å². The van der Waals surface area contributed by atoms with Gasteiger partial charge in [-0.3, -0.25) is 0 Å². The van der Waals surface area contributed by atoms with Crippen LogP contribution in [0.1, 0.15) is 38.3 Å². The molecule has 1 aromatic rings. The number of halogens is 1. The van der Waals surface area contributed by atoms with Gasteiger partial charge in [0.1, 0.15) is 0 Å². The van der Waals surface area contributed by atoms with E-state index in [1.165, 1.54) is 32.7 Å². The highest BCUT2D eigenvalue weighted by Gasteiger charge is 2.28. The SMILES string of the molecule is CCc1cc2c(cc1Br)C(C)(C)CCS2. The second-order valence-electron chi connectivity index (χ2n) is 4.78. The van der Waals surface area contributed by atoms with E-state index in [4.69, 9.17) is 0 Å². The predicted octanol–water partition coefficient (Wildman–Crippen LogP) is 4.78. The number of aryl methyl sites for hydroxylation is 1. The van der Waals surface area contributed by atoms with Crippen LogP contribution in [0.2, 0.25) is 0 Å². The van der Waals surface area contributed by atoms with Gasteiger partial charge in [0.05, 0.1) is 0 Å². The lowest BCUT2D eigenvalue weighted by molar-refractivity contribution is 0.493. The highest BCUT2D eigenvalue weighted by molar-refractivity contribution is 9.10. The summed E-state index contributed by atoms with van der Waals surface area (Å²) in [5.74, 6) is 1.25. The number of benzene rings is 1. The zero-order chi connectivity index (χ0) is 11.1. The van der Waals surface area contributed by atoms with Crippen LogP contribution in [0.25, 0.3) is 0 Å². The van der Waals surface area contributed by atoms with Crippen molar-refractivity contribution in [2.24, 2.45) is 0 Å². The summed E-state index contributed by atoms with van der Waals surface area (Å²) in [6.45, 7) is 6.92. The zero-order valence-electron chi connectivity index (χ0n) is 9.56. The maximum atomic E-state index is 3.68. The van der Waals surface area contributed by atoms with E-state index in [9.17, 15) is 0 Å². The van der Waals surface area contributed by atoms with Crippen LogP contribution in [0.15, 0.2) is 21.5 Å². The fourth-order valence-electron chi connectivity index (χ4n) is 2.07. The number of rotatable bonds is 1. The molecule has 2 rings (SSSR count). The first-order valence-corrected chi connectivity index (χ1v) is 7.28. The molecule has 15 heavy (non-hydrogen) atoms. The van der Waals surface area contributed by atoms with E-state index in [-0.39, 0.29) is 0 Å². The maximum absolute atomic E-state index is 3.68. The Labute approximate surface area is 105 Å². The molecule has 2 heteroatoms. The third kappa shape index (κ3) is 2.12. The monoisotopic (exact) mass is 284 g/mol. The lowest BCUT2D eigenvalue weighted by Gasteiger charge is -2.32. The molecule has 1 aliphatic heterocycles. The van der Waals surface area contributed by atoms with Crippen LogP contribution < -0.4 is 0 Å². The van der Waals surface area contributed by atoms with Gasteiger partial charge in [-0.15, -0.1) is 11.8 Å². The van der Waals surface area contributed by atoms with Crippen molar-refractivity contribution in [1.82, 2.24) is 0 Å². The lowest BCUT2D eigenvalue weighted by atomic mass is 9.81. The summed E-state index contributed by atoms with van der Waals surface area (Å²) in [5, 5.41) is 0. The summed E-state index contributed by atoms with van der Waals surface area (Å²) in [4.78, 5) is 1.49. The van der Waals surface area contributed by atoms with Gasteiger partial charge in [0.25, 0.3) is 0 Å². The quantitative estimate of drug-likeness (QED) is 0.715. The Bertz CT molecular complexity index is 382. The molecular formula is C13H17BrS. The van der Waals surface area contributed by atoms with E-state index in [0.717, 1.165) is 6.42 Å². The standard InChI is InChI=1S/C13H17BrS/c1-4-9-7-12-10(8-11(9)14)13(2,3)5-6-15-12/h7-8H,4-6H2,1-3H3. The summed E-state index contributed by atoms with van der Waals surface area (Å²) in [5.41, 5.74) is 3.29.